The fourth-order valence-electron chi connectivity index (χ4n) is 2.78. The van der Waals surface area contributed by atoms with Crippen molar-refractivity contribution in [2.24, 2.45) is 0 Å². The molecule has 0 saturated carbocycles. The van der Waals surface area contributed by atoms with Gasteiger partial charge in [-0.3, -0.25) is 4.79 Å². The second-order valence-electron chi connectivity index (χ2n) is 4.90. The van der Waals surface area contributed by atoms with E-state index in [4.69, 9.17) is 4.74 Å². The van der Waals surface area contributed by atoms with Crippen LogP contribution in [-0.4, -0.2) is 5.78 Å². The molecule has 19 heavy (non-hydrogen) atoms. The van der Waals surface area contributed by atoms with Gasteiger partial charge < -0.3 is 4.74 Å². The van der Waals surface area contributed by atoms with Crippen LogP contribution < -0.4 is 0 Å². The van der Waals surface area contributed by atoms with Crippen LogP contribution in [0.4, 0.5) is 0 Å². The molecule has 0 amide bonds. The Hall–Kier alpha value is -2.19. The molecule has 0 aromatic heterocycles. The summed E-state index contributed by atoms with van der Waals surface area (Å²) in [6, 6.07) is 15.3. The van der Waals surface area contributed by atoms with E-state index in [1.807, 2.05) is 48.5 Å². The summed E-state index contributed by atoms with van der Waals surface area (Å²) in [7, 11) is 0. The van der Waals surface area contributed by atoms with Crippen molar-refractivity contribution in [3.8, 4) is 0 Å². The number of fused-ring (bicyclic) bond motifs is 5. The molecule has 2 heterocycles. The number of hydrogen-bond donors (Lipinski definition) is 0. The quantitative estimate of drug-likeness (QED) is 0.599. The van der Waals surface area contributed by atoms with Gasteiger partial charge in [-0.15, -0.1) is 0 Å². The van der Waals surface area contributed by atoms with Crippen molar-refractivity contribution < 1.29 is 9.53 Å². The van der Waals surface area contributed by atoms with Crippen LogP contribution >= 0.6 is 0 Å². The summed E-state index contributed by atoms with van der Waals surface area (Å²) < 4.78 is 5.76. The zero-order valence-electron chi connectivity index (χ0n) is 10.2. The molecule has 2 aromatic carbocycles. The molecule has 2 atom stereocenters. The highest BCUT2D eigenvalue weighted by Gasteiger charge is 2.33. The van der Waals surface area contributed by atoms with Crippen LogP contribution in [0.2, 0.25) is 0 Å². The van der Waals surface area contributed by atoms with E-state index in [1.165, 1.54) is 5.56 Å². The van der Waals surface area contributed by atoms with E-state index in [0.29, 0.717) is 0 Å². The van der Waals surface area contributed by atoms with Gasteiger partial charge in [0.15, 0.2) is 5.78 Å². The van der Waals surface area contributed by atoms with E-state index in [0.717, 1.165) is 16.7 Å². The van der Waals surface area contributed by atoms with Crippen LogP contribution in [0.3, 0.4) is 0 Å². The maximum Gasteiger partial charge on any atom is 0.193 e. The lowest BCUT2D eigenvalue weighted by molar-refractivity contribution is 0.0878. The molecule has 0 radical (unpaired) electrons. The molecule has 2 aliphatic heterocycles. The number of rotatable bonds is 2. The summed E-state index contributed by atoms with van der Waals surface area (Å²) in [5.74, 6) is 0.0650. The lowest BCUT2D eigenvalue weighted by Crippen LogP contribution is -2.03. The molecule has 2 aromatic rings. The summed E-state index contributed by atoms with van der Waals surface area (Å²) in [5, 5.41) is 0. The van der Waals surface area contributed by atoms with Crippen molar-refractivity contribution in [1.82, 2.24) is 0 Å². The highest BCUT2D eigenvalue weighted by molar-refractivity contribution is 6.09. The zero-order chi connectivity index (χ0) is 12.8. The Balaban J connectivity index is 1.75. The molecule has 0 unspecified atom stereocenters. The standard InChI is InChI=1S/C17H12O2/c18-17(11-4-2-1-3-5-11)12-6-7-13-14(10-12)16-9-8-15(13)19-16/h1-10,15-16H/t15-,16+/m1/s1. The first-order valence-corrected chi connectivity index (χ1v) is 6.40. The lowest BCUT2D eigenvalue weighted by atomic mass is 9.92. The second kappa shape index (κ2) is 3.90. The largest absolute Gasteiger partial charge is 0.357 e. The normalized spacial score (nSPS) is 22.5. The van der Waals surface area contributed by atoms with Gasteiger partial charge in [0.05, 0.1) is 0 Å². The first-order chi connectivity index (χ1) is 9.33. The molecule has 0 N–H and O–H groups in total. The molecular weight excluding hydrogens is 236 g/mol. The molecule has 92 valence electrons. The Morgan fingerprint density at radius 3 is 2.37 bits per heavy atom. The lowest BCUT2D eigenvalue weighted by Gasteiger charge is -2.09. The number of carbonyl (C=O) groups is 1. The highest BCUT2D eigenvalue weighted by Crippen LogP contribution is 2.45. The zero-order valence-corrected chi connectivity index (χ0v) is 10.2. The maximum atomic E-state index is 12.4. The maximum absolute atomic E-state index is 12.4. The number of ether oxygens (including phenoxy) is 1. The molecule has 0 fully saturated rings. The van der Waals surface area contributed by atoms with Gasteiger partial charge in [0, 0.05) is 11.1 Å². The third kappa shape index (κ3) is 1.57. The Bertz CT molecular complexity index is 686. The van der Waals surface area contributed by atoms with E-state index in [1.54, 1.807) is 0 Å². The Kier molecular flexibility index (Phi) is 2.20. The smallest absolute Gasteiger partial charge is 0.193 e. The summed E-state index contributed by atoms with van der Waals surface area (Å²) >= 11 is 0. The molecule has 2 bridgehead atoms. The molecule has 0 aliphatic carbocycles. The van der Waals surface area contributed by atoms with Gasteiger partial charge in [-0.25, -0.2) is 0 Å². The Labute approximate surface area is 111 Å². The number of hydrogen-bond acceptors (Lipinski definition) is 2. The highest BCUT2D eigenvalue weighted by atomic mass is 16.5. The SMILES string of the molecule is O=C(c1ccccc1)c1ccc2c(c1)[C@@H]1C=C[C@H]2O1. The number of benzene rings is 2. The van der Waals surface area contributed by atoms with E-state index in [2.05, 4.69) is 12.2 Å². The molecule has 0 saturated heterocycles. The fraction of sp³-hybridized carbons (Fsp3) is 0.118. The van der Waals surface area contributed by atoms with Gasteiger partial charge >= 0.3 is 0 Å². The number of carbonyl (C=O) groups excluding carboxylic acids is 1. The van der Waals surface area contributed by atoms with E-state index < -0.39 is 0 Å². The Morgan fingerprint density at radius 1 is 0.842 bits per heavy atom. The van der Waals surface area contributed by atoms with Crippen molar-refractivity contribution in [1.29, 1.82) is 0 Å². The van der Waals surface area contributed by atoms with Crippen LogP contribution in [0.25, 0.3) is 0 Å². The Morgan fingerprint density at radius 2 is 1.58 bits per heavy atom. The van der Waals surface area contributed by atoms with Crippen molar-refractivity contribution in [2.45, 2.75) is 12.2 Å². The van der Waals surface area contributed by atoms with Crippen molar-refractivity contribution in [2.75, 3.05) is 0 Å². The molecular formula is C17H12O2. The first kappa shape index (κ1) is 10.7. The molecule has 2 nitrogen and oxygen atoms in total. The minimum absolute atomic E-state index is 0.0310. The van der Waals surface area contributed by atoms with Crippen molar-refractivity contribution in [3.63, 3.8) is 0 Å². The second-order valence-corrected chi connectivity index (χ2v) is 4.90. The van der Waals surface area contributed by atoms with Gasteiger partial charge in [-0.1, -0.05) is 54.6 Å². The average Bonchev–Trinajstić information content (AvgIpc) is 3.09. The van der Waals surface area contributed by atoms with Crippen LogP contribution in [0.5, 0.6) is 0 Å². The van der Waals surface area contributed by atoms with Crippen LogP contribution in [-0.2, 0) is 4.74 Å². The molecule has 2 aliphatic rings. The third-order valence-corrected chi connectivity index (χ3v) is 3.75. The van der Waals surface area contributed by atoms with Gasteiger partial charge in [0.25, 0.3) is 0 Å². The summed E-state index contributed by atoms with van der Waals surface area (Å²) in [5.41, 5.74) is 3.78. The minimum Gasteiger partial charge on any atom is -0.357 e. The molecule has 0 spiro atoms. The third-order valence-electron chi connectivity index (χ3n) is 3.75. The van der Waals surface area contributed by atoms with Gasteiger partial charge in [0.2, 0.25) is 0 Å². The van der Waals surface area contributed by atoms with E-state index in [9.17, 15) is 4.79 Å². The summed E-state index contributed by atoms with van der Waals surface area (Å²) in [6.45, 7) is 0. The summed E-state index contributed by atoms with van der Waals surface area (Å²) in [4.78, 5) is 12.4. The van der Waals surface area contributed by atoms with Crippen molar-refractivity contribution >= 4 is 5.78 Å². The molecule has 4 rings (SSSR count). The fourth-order valence-corrected chi connectivity index (χ4v) is 2.78. The average molecular weight is 248 g/mol. The predicted molar refractivity (Wildman–Crippen MR) is 72.0 cm³/mol. The van der Waals surface area contributed by atoms with Crippen LogP contribution in [0.15, 0.2) is 60.7 Å². The van der Waals surface area contributed by atoms with Crippen LogP contribution in [0, 0.1) is 0 Å². The number of ketones is 1. The monoisotopic (exact) mass is 248 g/mol. The van der Waals surface area contributed by atoms with Gasteiger partial charge in [-0.05, 0) is 17.2 Å². The molecule has 2 heteroatoms. The van der Waals surface area contributed by atoms with Crippen LogP contribution in [0.1, 0.15) is 39.3 Å². The van der Waals surface area contributed by atoms with Gasteiger partial charge in [0.1, 0.15) is 12.2 Å². The van der Waals surface area contributed by atoms with Crippen molar-refractivity contribution in [3.05, 3.63) is 82.9 Å². The summed E-state index contributed by atoms with van der Waals surface area (Å²) in [6.07, 6.45) is 4.25. The topological polar surface area (TPSA) is 26.3 Å². The van der Waals surface area contributed by atoms with Gasteiger partial charge in [-0.2, -0.15) is 0 Å². The first-order valence-electron chi connectivity index (χ1n) is 6.40. The van der Waals surface area contributed by atoms with E-state index in [-0.39, 0.29) is 18.0 Å². The van der Waals surface area contributed by atoms with E-state index >= 15 is 0 Å². The predicted octanol–water partition coefficient (Wildman–Crippen LogP) is 3.60. The minimum atomic E-state index is 0.0310.